The average Bonchev–Trinajstić information content (AvgIpc) is 2.52. The van der Waals surface area contributed by atoms with Gasteiger partial charge in [-0.05, 0) is 49.4 Å². The monoisotopic (exact) mass is 329 g/mol. The predicted molar refractivity (Wildman–Crippen MR) is 87.8 cm³/mol. The molecule has 22 heavy (non-hydrogen) atoms. The van der Waals surface area contributed by atoms with Crippen LogP contribution in [0.1, 0.15) is 52.0 Å². The summed E-state index contributed by atoms with van der Waals surface area (Å²) >= 11 is 0. The zero-order valence-corrected chi connectivity index (χ0v) is 14.6. The maximum atomic E-state index is 12.4. The lowest BCUT2D eigenvalue weighted by Gasteiger charge is -2.18. The van der Waals surface area contributed by atoms with Crippen LogP contribution < -0.4 is 9.46 Å². The Bertz CT molecular complexity index is 568. The van der Waals surface area contributed by atoms with Gasteiger partial charge < -0.3 is 9.84 Å². The van der Waals surface area contributed by atoms with E-state index in [1.54, 1.807) is 18.2 Å². The van der Waals surface area contributed by atoms with Crippen molar-refractivity contribution in [1.82, 2.24) is 4.72 Å². The van der Waals surface area contributed by atoms with Crippen LogP contribution in [0.4, 0.5) is 0 Å². The second-order valence-electron chi connectivity index (χ2n) is 5.35. The van der Waals surface area contributed by atoms with Crippen LogP contribution in [0.3, 0.4) is 0 Å². The van der Waals surface area contributed by atoms with Crippen LogP contribution in [0, 0.1) is 0 Å². The highest BCUT2D eigenvalue weighted by Gasteiger charge is 2.21. The first-order valence-electron chi connectivity index (χ1n) is 7.79. The Balaban J connectivity index is 3.19. The fourth-order valence-electron chi connectivity index (χ4n) is 2.12. The van der Waals surface area contributed by atoms with Crippen LogP contribution in [0.25, 0.3) is 0 Å². The van der Waals surface area contributed by atoms with E-state index < -0.39 is 16.1 Å². The van der Waals surface area contributed by atoms with Gasteiger partial charge in [-0.3, -0.25) is 0 Å². The largest absolute Gasteiger partial charge is 0.494 e. The molecule has 0 saturated carbocycles. The van der Waals surface area contributed by atoms with Gasteiger partial charge in [0.1, 0.15) is 5.75 Å². The third kappa shape index (κ3) is 4.69. The van der Waals surface area contributed by atoms with E-state index in [-0.39, 0.29) is 17.4 Å². The van der Waals surface area contributed by atoms with Crippen LogP contribution in [-0.2, 0) is 10.0 Å². The van der Waals surface area contributed by atoms with Gasteiger partial charge in [0.05, 0.1) is 18.1 Å². The fourth-order valence-corrected chi connectivity index (χ4v) is 3.47. The first-order chi connectivity index (χ1) is 10.4. The van der Waals surface area contributed by atoms with Gasteiger partial charge in [-0.25, -0.2) is 13.1 Å². The molecule has 0 spiro atoms. The van der Waals surface area contributed by atoms with Crippen LogP contribution in [0.15, 0.2) is 23.1 Å². The van der Waals surface area contributed by atoms with Crippen molar-refractivity contribution in [1.29, 1.82) is 0 Å². The van der Waals surface area contributed by atoms with E-state index in [9.17, 15) is 13.5 Å². The van der Waals surface area contributed by atoms with Gasteiger partial charge in [-0.2, -0.15) is 0 Å². The lowest BCUT2D eigenvalue weighted by molar-refractivity contribution is 0.254. The molecular weight excluding hydrogens is 302 g/mol. The molecule has 0 saturated heterocycles. The van der Waals surface area contributed by atoms with Crippen LogP contribution in [-0.4, -0.2) is 32.8 Å². The van der Waals surface area contributed by atoms with Crippen molar-refractivity contribution in [2.24, 2.45) is 0 Å². The molecule has 2 N–H and O–H groups in total. The molecule has 0 heterocycles. The number of nitrogens with one attached hydrogen (secondary N) is 1. The minimum absolute atomic E-state index is 0.205. The van der Waals surface area contributed by atoms with Crippen molar-refractivity contribution in [2.75, 3.05) is 13.2 Å². The zero-order chi connectivity index (χ0) is 16.8. The van der Waals surface area contributed by atoms with E-state index in [4.69, 9.17) is 4.74 Å². The maximum absolute atomic E-state index is 12.4. The molecule has 0 aliphatic heterocycles. The Morgan fingerprint density at radius 2 is 1.91 bits per heavy atom. The minimum atomic E-state index is -3.65. The highest BCUT2D eigenvalue weighted by Crippen LogP contribution is 2.31. The first kappa shape index (κ1) is 18.9. The Hall–Kier alpha value is -1.11. The summed E-state index contributed by atoms with van der Waals surface area (Å²) in [4.78, 5) is 0.207. The van der Waals surface area contributed by atoms with Gasteiger partial charge in [0.25, 0.3) is 0 Å². The molecule has 0 aliphatic rings. The molecule has 1 aromatic carbocycles. The third-order valence-electron chi connectivity index (χ3n) is 3.77. The number of sulfonamides is 1. The highest BCUT2D eigenvalue weighted by atomic mass is 32.2. The lowest BCUT2D eigenvalue weighted by atomic mass is 9.98. The molecule has 126 valence electrons. The van der Waals surface area contributed by atoms with Gasteiger partial charge in [0.15, 0.2) is 0 Å². The first-order valence-corrected chi connectivity index (χ1v) is 9.27. The molecular formula is C16H27NO4S. The number of aliphatic hydroxyl groups is 1. The van der Waals surface area contributed by atoms with Crippen molar-refractivity contribution in [2.45, 2.75) is 57.4 Å². The summed E-state index contributed by atoms with van der Waals surface area (Å²) in [7, 11) is -3.65. The van der Waals surface area contributed by atoms with Gasteiger partial charge in [0.2, 0.25) is 10.0 Å². The Morgan fingerprint density at radius 3 is 2.41 bits per heavy atom. The Kier molecular flexibility index (Phi) is 7.32. The van der Waals surface area contributed by atoms with Crippen molar-refractivity contribution >= 4 is 10.0 Å². The number of benzene rings is 1. The molecule has 0 aliphatic carbocycles. The number of hydrogen-bond donors (Lipinski definition) is 2. The SMILES string of the molecule is CCOc1ccc(S(=O)(=O)N[C@H](CC)CO)cc1[C@@H](C)CC. The van der Waals surface area contributed by atoms with Gasteiger partial charge in [0, 0.05) is 6.04 Å². The summed E-state index contributed by atoms with van der Waals surface area (Å²) < 4.78 is 33.0. The number of ether oxygens (including phenoxy) is 1. The topological polar surface area (TPSA) is 75.6 Å². The van der Waals surface area contributed by atoms with Crippen molar-refractivity contribution in [3.63, 3.8) is 0 Å². The summed E-state index contributed by atoms with van der Waals surface area (Å²) in [6, 6.07) is 4.46. The van der Waals surface area contributed by atoms with E-state index in [1.807, 2.05) is 20.8 Å². The molecule has 1 rings (SSSR count). The molecule has 0 bridgehead atoms. The molecule has 0 fully saturated rings. The molecule has 0 aromatic heterocycles. The third-order valence-corrected chi connectivity index (χ3v) is 5.29. The van der Waals surface area contributed by atoms with Gasteiger partial charge in [-0.15, -0.1) is 0 Å². The Labute approximate surface area is 133 Å². The predicted octanol–water partition coefficient (Wildman–Crippen LogP) is 2.65. The lowest BCUT2D eigenvalue weighted by Crippen LogP contribution is -2.36. The standard InChI is InChI=1S/C16H27NO4S/c1-5-12(4)15-10-14(8-9-16(15)21-7-3)22(19,20)17-13(6-2)11-18/h8-10,12-13,17-18H,5-7,11H2,1-4H3/t12-,13+/m0/s1. The van der Waals surface area contributed by atoms with Crippen molar-refractivity contribution in [3.05, 3.63) is 23.8 Å². The van der Waals surface area contributed by atoms with E-state index in [0.717, 1.165) is 17.7 Å². The van der Waals surface area contributed by atoms with Crippen LogP contribution >= 0.6 is 0 Å². The van der Waals surface area contributed by atoms with Crippen LogP contribution in [0.2, 0.25) is 0 Å². The fraction of sp³-hybridized carbons (Fsp3) is 0.625. The molecule has 5 nitrogen and oxygen atoms in total. The number of rotatable bonds is 9. The molecule has 6 heteroatoms. The highest BCUT2D eigenvalue weighted by molar-refractivity contribution is 7.89. The number of hydrogen-bond acceptors (Lipinski definition) is 4. The van der Waals surface area contributed by atoms with Gasteiger partial charge in [-0.1, -0.05) is 20.8 Å². The van der Waals surface area contributed by atoms with Crippen molar-refractivity contribution < 1.29 is 18.3 Å². The van der Waals surface area contributed by atoms with Crippen LogP contribution in [0.5, 0.6) is 5.75 Å². The summed E-state index contributed by atoms with van der Waals surface area (Å²) in [5.41, 5.74) is 0.893. The zero-order valence-electron chi connectivity index (χ0n) is 13.8. The normalized spacial score (nSPS) is 14.6. The second kappa shape index (κ2) is 8.50. The van der Waals surface area contributed by atoms with E-state index >= 15 is 0 Å². The van der Waals surface area contributed by atoms with E-state index in [1.165, 1.54) is 0 Å². The maximum Gasteiger partial charge on any atom is 0.240 e. The Morgan fingerprint density at radius 1 is 1.23 bits per heavy atom. The van der Waals surface area contributed by atoms with Gasteiger partial charge >= 0.3 is 0 Å². The molecule has 0 radical (unpaired) electrons. The summed E-state index contributed by atoms with van der Waals surface area (Å²) in [5, 5.41) is 9.18. The summed E-state index contributed by atoms with van der Waals surface area (Å²) in [6.45, 7) is 8.15. The molecule has 0 amide bonds. The summed E-state index contributed by atoms with van der Waals surface area (Å²) in [5.74, 6) is 0.932. The number of aliphatic hydroxyl groups excluding tert-OH is 1. The molecule has 2 atom stereocenters. The molecule has 0 unspecified atom stereocenters. The second-order valence-corrected chi connectivity index (χ2v) is 7.06. The van der Waals surface area contributed by atoms with Crippen molar-refractivity contribution in [3.8, 4) is 5.75 Å². The smallest absolute Gasteiger partial charge is 0.240 e. The minimum Gasteiger partial charge on any atom is -0.494 e. The summed E-state index contributed by atoms with van der Waals surface area (Å²) in [6.07, 6.45) is 1.43. The van der Waals surface area contributed by atoms with E-state index in [2.05, 4.69) is 11.6 Å². The molecule has 1 aromatic rings. The van der Waals surface area contributed by atoms with E-state index in [0.29, 0.717) is 13.0 Å². The average molecular weight is 329 g/mol. The quantitative estimate of drug-likeness (QED) is 0.730.